The third-order valence-electron chi connectivity index (χ3n) is 21.3. The smallest absolute Gasteiger partial charge is 0.335 e. The number of aliphatic hydroxyl groups is 5. The number of methoxy groups -OCH3 is 1. The van der Waals surface area contributed by atoms with E-state index in [1.54, 1.807) is 30.4 Å². The standard InChI is InChI=1S/C42H62O16.C21H22O4.H3N/c1-36(2)23-8-11-41(7)31(21(43)16-19-20-17-38(4,35(52)53)13-12-37(20,3)14-15-40(19,41)6)39(23,5)10-9-24(36)55-34-30(27(47)26(46)28(56-34)32(48)49)58-42(54)18-22(44)25(45)29(57-42)33(50)51;1-5-21(2,3)17-12-15(20(25-4)13-19(17)24)8-11-18(23)14-6-9-16(22)10-7-14;/h16,20,22-31,34,44-47,54H,8-15,17-18H2,1-7H3,(H,48,49)(H,50,51)(H,52,53);5-13,22,24H,1H2,2-4H3;1H3/b;11-8+;/t20-,22-,23-,24-,25-,26-,27+,28?,29?,30?,31+,34-,37+,38-,39-,40+,41+,42+;;/m0../s1. The van der Waals surface area contributed by atoms with E-state index in [2.05, 4.69) is 34.3 Å². The zero-order chi connectivity index (χ0) is 61.5. The Kier molecular flexibility index (Phi) is 18.3. The molecule has 18 atom stereocenters. The highest BCUT2D eigenvalue weighted by molar-refractivity contribution is 6.07. The number of rotatable bonds is 13. The molecule has 13 N–H and O–H groups in total. The van der Waals surface area contributed by atoms with Crippen LogP contribution in [0.1, 0.15) is 148 Å². The van der Waals surface area contributed by atoms with E-state index in [-0.39, 0.29) is 57.8 Å². The summed E-state index contributed by atoms with van der Waals surface area (Å²) in [4.78, 5) is 63.6. The number of aliphatic carboxylic acids is 3. The summed E-state index contributed by atoms with van der Waals surface area (Å²) >= 11 is 0. The van der Waals surface area contributed by atoms with Gasteiger partial charge in [-0.15, -0.1) is 6.58 Å². The van der Waals surface area contributed by atoms with Crippen molar-refractivity contribution in [2.45, 2.75) is 193 Å². The topological polar surface area (TPSA) is 369 Å². The van der Waals surface area contributed by atoms with Gasteiger partial charge in [0.15, 0.2) is 30.1 Å². The lowest BCUT2D eigenvalue weighted by Gasteiger charge is -2.70. The van der Waals surface area contributed by atoms with E-state index in [1.165, 1.54) is 31.4 Å². The number of aliphatic hydroxyl groups excluding tert-OH is 4. The van der Waals surface area contributed by atoms with Gasteiger partial charge in [0.1, 0.15) is 41.7 Å². The number of aromatic hydroxyl groups is 2. The van der Waals surface area contributed by atoms with Gasteiger partial charge in [0, 0.05) is 34.1 Å². The maximum Gasteiger partial charge on any atom is 0.335 e. The van der Waals surface area contributed by atoms with Gasteiger partial charge in [0.2, 0.25) is 0 Å². The van der Waals surface area contributed by atoms with Crippen LogP contribution in [0.3, 0.4) is 0 Å². The number of ketones is 2. The molecule has 3 unspecified atom stereocenters. The van der Waals surface area contributed by atoms with E-state index < -0.39 is 112 Å². The fourth-order valence-electron chi connectivity index (χ4n) is 15.8. The molecule has 0 amide bonds. The maximum atomic E-state index is 14.8. The average Bonchev–Trinajstić information content (AvgIpc) is 0.802. The highest BCUT2D eigenvalue weighted by Gasteiger charge is 2.71. The van der Waals surface area contributed by atoms with Crippen molar-refractivity contribution in [3.8, 4) is 17.2 Å². The molecule has 0 radical (unpaired) electrons. The molecular formula is C63H87NO20. The van der Waals surface area contributed by atoms with Crippen LogP contribution in [0, 0.1) is 50.2 Å². The number of ether oxygens (including phenoxy) is 5. The minimum absolute atomic E-state index is 0. The fraction of sp³-hybridized carbons (Fsp3) is 0.635. The number of carboxylic acid groups (broad SMARTS) is 3. The summed E-state index contributed by atoms with van der Waals surface area (Å²) in [5.41, 5.74) is -0.440. The molecule has 0 bridgehead atoms. The van der Waals surface area contributed by atoms with Crippen LogP contribution in [0.5, 0.6) is 17.2 Å². The van der Waals surface area contributed by atoms with Gasteiger partial charge in [-0.05, 0) is 152 Å². The number of hydrogen-bond donors (Lipinski definition) is 11. The Hall–Kier alpha value is -5.59. The molecule has 2 heterocycles. The Morgan fingerprint density at radius 1 is 0.798 bits per heavy atom. The first-order valence-corrected chi connectivity index (χ1v) is 28.6. The van der Waals surface area contributed by atoms with Crippen molar-refractivity contribution in [1.82, 2.24) is 6.15 Å². The number of carbonyl (C=O) groups excluding carboxylic acids is 2. The number of allylic oxidation sites excluding steroid dienone is 4. The quantitative estimate of drug-likeness (QED) is 0.0310. The summed E-state index contributed by atoms with van der Waals surface area (Å²) in [6.07, 6.45) is -4.47. The molecule has 21 nitrogen and oxygen atoms in total. The molecule has 2 aromatic rings. The van der Waals surface area contributed by atoms with Gasteiger partial charge in [-0.3, -0.25) is 14.4 Å². The average molecular weight is 1180 g/mol. The molecule has 9 rings (SSSR count). The third kappa shape index (κ3) is 11.4. The third-order valence-corrected chi connectivity index (χ3v) is 21.3. The van der Waals surface area contributed by atoms with Crippen LogP contribution >= 0.6 is 0 Å². The van der Waals surface area contributed by atoms with Crippen molar-refractivity contribution in [2.24, 2.45) is 50.2 Å². The van der Waals surface area contributed by atoms with Crippen molar-refractivity contribution in [3.63, 3.8) is 0 Å². The van der Waals surface area contributed by atoms with Gasteiger partial charge < -0.3 is 80.9 Å². The Morgan fingerprint density at radius 2 is 1.43 bits per heavy atom. The van der Waals surface area contributed by atoms with E-state index in [4.69, 9.17) is 23.7 Å². The number of carbonyl (C=O) groups is 5. The monoisotopic (exact) mass is 1180 g/mol. The highest BCUT2D eigenvalue weighted by atomic mass is 16.8. The first-order valence-electron chi connectivity index (χ1n) is 28.6. The van der Waals surface area contributed by atoms with Crippen LogP contribution in [-0.2, 0) is 43.5 Å². The number of hydrogen-bond acceptors (Lipinski definition) is 18. The first kappa shape index (κ1) is 65.9. The van der Waals surface area contributed by atoms with Crippen molar-refractivity contribution in [2.75, 3.05) is 7.11 Å². The predicted molar refractivity (Wildman–Crippen MR) is 304 cm³/mol. The van der Waals surface area contributed by atoms with Crippen LogP contribution < -0.4 is 10.9 Å². The maximum absolute atomic E-state index is 14.8. The van der Waals surface area contributed by atoms with Crippen LogP contribution in [0.4, 0.5) is 0 Å². The van der Waals surface area contributed by atoms with Crippen LogP contribution in [0.15, 0.2) is 66.8 Å². The van der Waals surface area contributed by atoms with E-state index in [1.807, 2.05) is 40.7 Å². The normalized spacial score (nSPS) is 39.7. The SMILES string of the molecule is C=CC(C)(C)c1cc(/C=C/C(=O)c2ccc(O)cc2)c(OC)cc1O.CC1(C)[C@@H](O[C@H]2OC(C(=O)O)[C@@H](O)[C@@H](O)C2O[C@@]2(O)C[C@H](O)[C@H](O)C(C(=O)O)O2)CC[C@]2(C)[C@H]3C(=O)C=C4[C@@H]5C[C@@](C)(C(=O)O)CC[C@]5(C)CC[C@@]4(C)[C@]3(C)CC[C@@H]12.N. The molecule has 0 spiro atoms. The molecule has 2 aliphatic heterocycles. The lowest BCUT2D eigenvalue weighted by molar-refractivity contribution is -0.449. The molecule has 5 aliphatic carbocycles. The van der Waals surface area contributed by atoms with E-state index in [0.29, 0.717) is 54.5 Å². The molecule has 0 aromatic heterocycles. The van der Waals surface area contributed by atoms with Gasteiger partial charge in [-0.1, -0.05) is 67.0 Å². The van der Waals surface area contributed by atoms with E-state index in [9.17, 15) is 75.0 Å². The van der Waals surface area contributed by atoms with Crippen molar-refractivity contribution < 1.29 is 98.7 Å². The molecule has 464 valence electrons. The second-order valence-electron chi connectivity index (χ2n) is 27.0. The summed E-state index contributed by atoms with van der Waals surface area (Å²) in [5, 5.41) is 103. The largest absolute Gasteiger partial charge is 0.508 e. The molecule has 4 saturated carbocycles. The van der Waals surface area contributed by atoms with Crippen molar-refractivity contribution >= 4 is 35.6 Å². The molecular weight excluding hydrogens is 1090 g/mol. The lowest BCUT2D eigenvalue weighted by Crippen LogP contribution is -2.68. The number of carboxylic acids is 3. The van der Waals surface area contributed by atoms with Crippen molar-refractivity contribution in [1.29, 1.82) is 0 Å². The molecule has 21 heteroatoms. The summed E-state index contributed by atoms with van der Waals surface area (Å²) in [6, 6.07) is 9.37. The number of fused-ring (bicyclic) bond motifs is 7. The minimum Gasteiger partial charge on any atom is -0.508 e. The van der Waals surface area contributed by atoms with Crippen LogP contribution in [0.2, 0.25) is 0 Å². The second kappa shape index (κ2) is 23.3. The number of phenols is 2. The molecule has 84 heavy (non-hydrogen) atoms. The number of benzene rings is 2. The Labute approximate surface area is 489 Å². The van der Waals surface area contributed by atoms with Crippen molar-refractivity contribution in [3.05, 3.63) is 83.5 Å². The van der Waals surface area contributed by atoms with Gasteiger partial charge in [-0.25, -0.2) is 9.59 Å². The molecule has 7 aliphatic rings. The summed E-state index contributed by atoms with van der Waals surface area (Å²) in [7, 11) is 1.51. The van der Waals surface area contributed by atoms with Crippen LogP contribution in [-0.4, -0.2) is 149 Å². The predicted octanol–water partition coefficient (Wildman–Crippen LogP) is 7.22. The summed E-state index contributed by atoms with van der Waals surface area (Å²) in [5.74, 6) is -7.01. The molecule has 2 aromatic carbocycles. The fourth-order valence-corrected chi connectivity index (χ4v) is 15.8. The summed E-state index contributed by atoms with van der Waals surface area (Å²) in [6.45, 7) is 22.5. The van der Waals surface area contributed by atoms with E-state index in [0.717, 1.165) is 31.3 Å². The second-order valence-corrected chi connectivity index (χ2v) is 27.0. The van der Waals surface area contributed by atoms with Crippen LogP contribution in [0.25, 0.3) is 6.08 Å². The Balaban J connectivity index is 0.000000326. The van der Waals surface area contributed by atoms with Gasteiger partial charge in [-0.2, -0.15) is 0 Å². The van der Waals surface area contributed by atoms with Gasteiger partial charge in [0.25, 0.3) is 5.97 Å². The Bertz CT molecular complexity index is 2940. The highest BCUT2D eigenvalue weighted by Crippen LogP contribution is 2.75. The Morgan fingerprint density at radius 3 is 2.02 bits per heavy atom. The zero-order valence-electron chi connectivity index (χ0n) is 49.7. The number of phenolic OH excluding ortho intramolecular Hbond substituents is 2. The lowest BCUT2D eigenvalue weighted by atomic mass is 9.33. The minimum atomic E-state index is -2.94. The zero-order valence-corrected chi connectivity index (χ0v) is 49.7. The van der Waals surface area contributed by atoms with Gasteiger partial charge >= 0.3 is 17.9 Å². The molecule has 6 fully saturated rings. The van der Waals surface area contributed by atoms with Gasteiger partial charge in [0.05, 0.1) is 31.2 Å². The molecule has 2 saturated heterocycles. The summed E-state index contributed by atoms with van der Waals surface area (Å²) < 4.78 is 28.4. The van der Waals surface area contributed by atoms with E-state index >= 15 is 0 Å². The first-order chi connectivity index (χ1) is 38.5.